The minimum atomic E-state index is -0.440. The highest BCUT2D eigenvalue weighted by Gasteiger charge is 2.35. The Morgan fingerprint density at radius 3 is 2.35 bits per heavy atom. The topological polar surface area (TPSA) is 48.0 Å². The van der Waals surface area contributed by atoms with Gasteiger partial charge in [0.1, 0.15) is 11.6 Å². The molecule has 1 aliphatic heterocycles. The molecule has 0 saturated carbocycles. The molecule has 0 unspecified atom stereocenters. The molecule has 0 bridgehead atoms. The van der Waals surface area contributed by atoms with E-state index in [1.54, 1.807) is 0 Å². The average Bonchev–Trinajstić information content (AvgIpc) is 2.75. The lowest BCUT2D eigenvalue weighted by molar-refractivity contribution is -0.167. The number of nitrogens with zero attached hydrogens (tertiary/aromatic N) is 1. The Morgan fingerprint density at radius 2 is 1.85 bits per heavy atom. The lowest BCUT2D eigenvalue weighted by Crippen LogP contribution is -2.44. The van der Waals surface area contributed by atoms with Crippen LogP contribution in [0.4, 0.5) is 0 Å². The Hall–Kier alpha value is -0.650. The third-order valence-electron chi connectivity index (χ3n) is 3.13. The molecule has 5 nitrogen and oxygen atoms in total. The summed E-state index contributed by atoms with van der Waals surface area (Å²) in [5.41, 5.74) is -0.440. The molecule has 0 aromatic rings. The van der Waals surface area contributed by atoms with Crippen molar-refractivity contribution in [2.45, 2.75) is 65.4 Å². The smallest absolute Gasteiger partial charge is 0.323 e. The van der Waals surface area contributed by atoms with Crippen molar-refractivity contribution in [1.29, 1.82) is 0 Å². The van der Waals surface area contributed by atoms with E-state index in [4.69, 9.17) is 14.2 Å². The van der Waals surface area contributed by atoms with Gasteiger partial charge in [-0.15, -0.1) is 0 Å². The van der Waals surface area contributed by atoms with Crippen LogP contribution in [0.15, 0.2) is 0 Å². The van der Waals surface area contributed by atoms with Gasteiger partial charge in [-0.25, -0.2) is 0 Å². The first-order chi connectivity index (χ1) is 9.37. The summed E-state index contributed by atoms with van der Waals surface area (Å²) in [6.45, 7) is 12.3. The second kappa shape index (κ2) is 7.96. The first-order valence-electron chi connectivity index (χ1n) is 7.57. The molecule has 1 aliphatic rings. The van der Waals surface area contributed by atoms with E-state index in [1.165, 1.54) is 0 Å². The average molecular weight is 287 g/mol. The molecule has 0 N–H and O–H groups in total. The molecule has 118 valence electrons. The van der Waals surface area contributed by atoms with Crippen LogP contribution in [-0.2, 0) is 19.0 Å². The quantitative estimate of drug-likeness (QED) is 0.530. The van der Waals surface area contributed by atoms with Gasteiger partial charge in [-0.2, -0.15) is 0 Å². The highest BCUT2D eigenvalue weighted by Crippen LogP contribution is 2.21. The summed E-state index contributed by atoms with van der Waals surface area (Å²) in [7, 11) is 0. The Bertz CT molecular complexity index is 295. The fourth-order valence-electron chi connectivity index (χ4n) is 2.40. The summed E-state index contributed by atoms with van der Waals surface area (Å²) >= 11 is 0. The lowest BCUT2D eigenvalue weighted by Gasteiger charge is -2.29. The molecule has 0 aromatic heterocycles. The van der Waals surface area contributed by atoms with Crippen molar-refractivity contribution < 1.29 is 19.0 Å². The molecular formula is C15H29NO4. The zero-order valence-corrected chi connectivity index (χ0v) is 13.5. The van der Waals surface area contributed by atoms with E-state index in [-0.39, 0.29) is 18.3 Å². The molecule has 5 heteroatoms. The standard InChI is InChI=1S/C15H29NO4/c1-6-18-13(19-7-2)11-16-10-8-9-12(16)14(17)20-15(3,4)5/h12-13H,6-11H2,1-5H3/t12-/m0/s1. The molecule has 1 atom stereocenters. The maximum Gasteiger partial charge on any atom is 0.323 e. The van der Waals surface area contributed by atoms with Crippen LogP contribution in [0, 0.1) is 0 Å². The van der Waals surface area contributed by atoms with Crippen LogP contribution in [0.2, 0.25) is 0 Å². The van der Waals surface area contributed by atoms with Crippen molar-refractivity contribution in [3.63, 3.8) is 0 Å². The Kier molecular flexibility index (Phi) is 6.92. The molecule has 0 aliphatic carbocycles. The second-order valence-electron chi connectivity index (χ2n) is 6.03. The van der Waals surface area contributed by atoms with Crippen molar-refractivity contribution in [1.82, 2.24) is 4.90 Å². The van der Waals surface area contributed by atoms with Crippen molar-refractivity contribution >= 4 is 5.97 Å². The SMILES string of the molecule is CCOC(CN1CCC[C@H]1C(=O)OC(C)(C)C)OCC. The summed E-state index contributed by atoms with van der Waals surface area (Å²) in [5.74, 6) is -0.137. The number of hydrogen-bond acceptors (Lipinski definition) is 5. The molecule has 1 rings (SSSR count). The fourth-order valence-corrected chi connectivity index (χ4v) is 2.40. The minimum absolute atomic E-state index is 0.137. The largest absolute Gasteiger partial charge is 0.459 e. The van der Waals surface area contributed by atoms with E-state index in [2.05, 4.69) is 4.90 Å². The molecule has 1 saturated heterocycles. The van der Waals surface area contributed by atoms with Gasteiger partial charge in [0, 0.05) is 13.2 Å². The maximum absolute atomic E-state index is 12.2. The highest BCUT2D eigenvalue weighted by atomic mass is 16.7. The summed E-state index contributed by atoms with van der Waals surface area (Å²) < 4.78 is 16.6. The van der Waals surface area contributed by atoms with Gasteiger partial charge < -0.3 is 14.2 Å². The van der Waals surface area contributed by atoms with E-state index in [9.17, 15) is 4.79 Å². The van der Waals surface area contributed by atoms with Crippen molar-refractivity contribution in [2.24, 2.45) is 0 Å². The number of carbonyl (C=O) groups is 1. The van der Waals surface area contributed by atoms with E-state index in [1.807, 2.05) is 34.6 Å². The predicted octanol–water partition coefficient (Wildman–Crippen LogP) is 2.19. The van der Waals surface area contributed by atoms with Crippen molar-refractivity contribution in [3.05, 3.63) is 0 Å². The normalized spacial score (nSPS) is 20.6. The second-order valence-corrected chi connectivity index (χ2v) is 6.03. The molecule has 0 spiro atoms. The number of hydrogen-bond donors (Lipinski definition) is 0. The first kappa shape index (κ1) is 17.4. The summed E-state index contributed by atoms with van der Waals surface area (Å²) in [4.78, 5) is 14.3. The lowest BCUT2D eigenvalue weighted by atomic mass is 10.1. The van der Waals surface area contributed by atoms with E-state index < -0.39 is 5.60 Å². The van der Waals surface area contributed by atoms with Crippen LogP contribution in [0.25, 0.3) is 0 Å². The third kappa shape index (κ3) is 5.77. The molecule has 1 heterocycles. The number of rotatable bonds is 7. The summed E-state index contributed by atoms with van der Waals surface area (Å²) in [5, 5.41) is 0. The van der Waals surface area contributed by atoms with Gasteiger partial charge in [0.25, 0.3) is 0 Å². The fraction of sp³-hybridized carbons (Fsp3) is 0.933. The van der Waals surface area contributed by atoms with Crippen LogP contribution in [0.5, 0.6) is 0 Å². The zero-order chi connectivity index (χ0) is 15.2. The van der Waals surface area contributed by atoms with E-state index >= 15 is 0 Å². The van der Waals surface area contributed by atoms with Gasteiger partial charge in [0.2, 0.25) is 0 Å². The van der Waals surface area contributed by atoms with E-state index in [0.717, 1.165) is 19.4 Å². The Labute approximate surface area is 122 Å². The van der Waals surface area contributed by atoms with Gasteiger partial charge in [-0.05, 0) is 54.0 Å². The third-order valence-corrected chi connectivity index (χ3v) is 3.13. The number of carbonyl (C=O) groups excluding carboxylic acids is 1. The van der Waals surface area contributed by atoms with Gasteiger partial charge in [0.05, 0.1) is 6.54 Å². The molecule has 0 aromatic carbocycles. The van der Waals surface area contributed by atoms with Crippen LogP contribution in [-0.4, -0.2) is 55.1 Å². The Morgan fingerprint density at radius 1 is 1.25 bits per heavy atom. The van der Waals surface area contributed by atoms with Crippen molar-refractivity contribution in [3.8, 4) is 0 Å². The summed E-state index contributed by atoms with van der Waals surface area (Å²) in [6.07, 6.45) is 1.59. The van der Waals surface area contributed by atoms with Gasteiger partial charge in [-0.1, -0.05) is 0 Å². The Balaban J connectivity index is 2.57. The minimum Gasteiger partial charge on any atom is -0.459 e. The summed E-state index contributed by atoms with van der Waals surface area (Å²) in [6, 6.07) is -0.169. The van der Waals surface area contributed by atoms with Crippen LogP contribution in [0.3, 0.4) is 0 Å². The molecule has 1 fully saturated rings. The van der Waals surface area contributed by atoms with Gasteiger partial charge in [-0.3, -0.25) is 9.69 Å². The van der Waals surface area contributed by atoms with Crippen molar-refractivity contribution in [2.75, 3.05) is 26.3 Å². The molecular weight excluding hydrogens is 258 g/mol. The first-order valence-corrected chi connectivity index (χ1v) is 7.57. The number of likely N-dealkylation sites (tertiary alicyclic amines) is 1. The number of esters is 1. The molecule has 0 amide bonds. The highest BCUT2D eigenvalue weighted by molar-refractivity contribution is 5.76. The maximum atomic E-state index is 12.2. The number of ether oxygens (including phenoxy) is 3. The predicted molar refractivity (Wildman–Crippen MR) is 77.5 cm³/mol. The monoisotopic (exact) mass is 287 g/mol. The van der Waals surface area contributed by atoms with Crippen LogP contribution < -0.4 is 0 Å². The van der Waals surface area contributed by atoms with Crippen LogP contribution in [0.1, 0.15) is 47.5 Å². The van der Waals surface area contributed by atoms with Crippen LogP contribution >= 0.6 is 0 Å². The molecule has 20 heavy (non-hydrogen) atoms. The van der Waals surface area contributed by atoms with Gasteiger partial charge >= 0.3 is 5.97 Å². The molecule has 0 radical (unpaired) electrons. The van der Waals surface area contributed by atoms with E-state index in [0.29, 0.717) is 19.8 Å². The van der Waals surface area contributed by atoms with Gasteiger partial charge in [0.15, 0.2) is 6.29 Å². The zero-order valence-electron chi connectivity index (χ0n) is 13.5.